The summed E-state index contributed by atoms with van der Waals surface area (Å²) in [6, 6.07) is 3.72. The monoisotopic (exact) mass is 222 g/mol. The summed E-state index contributed by atoms with van der Waals surface area (Å²) >= 11 is 0. The van der Waals surface area contributed by atoms with E-state index in [4.69, 9.17) is 4.74 Å². The molecule has 2 N–H and O–H groups in total. The van der Waals surface area contributed by atoms with Crippen LogP contribution < -0.4 is 10.2 Å². The Morgan fingerprint density at radius 1 is 1.25 bits per heavy atom. The Hall–Kier alpha value is -0.995. The van der Waals surface area contributed by atoms with Crippen LogP contribution in [0.2, 0.25) is 0 Å². The highest BCUT2D eigenvalue weighted by Gasteiger charge is 2.19. The minimum Gasteiger partial charge on any atom is -0.493 e. The third kappa shape index (κ3) is 3.25. The molecule has 0 spiro atoms. The van der Waals surface area contributed by atoms with Gasteiger partial charge in [-0.3, -0.25) is 0 Å². The molecule has 0 aliphatic carbocycles. The van der Waals surface area contributed by atoms with Gasteiger partial charge in [0.05, 0.1) is 6.61 Å². The van der Waals surface area contributed by atoms with Gasteiger partial charge in [-0.25, -0.2) is 0 Å². The number of rotatable bonds is 4. The molecule has 0 aliphatic heterocycles. The van der Waals surface area contributed by atoms with Crippen molar-refractivity contribution in [3.05, 3.63) is 23.3 Å². The topological polar surface area (TPSA) is 49.7 Å². The summed E-state index contributed by atoms with van der Waals surface area (Å²) in [7, 11) is -1.49. The lowest BCUT2D eigenvalue weighted by Gasteiger charge is -2.16. The quantitative estimate of drug-likeness (QED) is 0.747. The first-order valence-corrected chi connectivity index (χ1v) is 5.52. The van der Waals surface area contributed by atoms with Crippen LogP contribution in [-0.4, -0.2) is 23.8 Å². The fourth-order valence-corrected chi connectivity index (χ4v) is 1.63. The van der Waals surface area contributed by atoms with E-state index in [9.17, 15) is 10.0 Å². The molecule has 0 bridgehead atoms. The first-order valence-electron chi connectivity index (χ1n) is 5.52. The van der Waals surface area contributed by atoms with Crippen LogP contribution in [0.4, 0.5) is 0 Å². The van der Waals surface area contributed by atoms with Crippen molar-refractivity contribution in [2.24, 2.45) is 5.92 Å². The molecular formula is C12H19BO3. The average molecular weight is 222 g/mol. The molecule has 1 aromatic rings. The minimum absolute atomic E-state index is 0.407. The number of hydrogen-bond donors (Lipinski definition) is 2. The smallest absolute Gasteiger partial charge is 0.492 e. The SMILES string of the molecule is Cc1cc(C)c(OCC(C)C)c(B(O)O)c1. The van der Waals surface area contributed by atoms with E-state index in [1.165, 1.54) is 0 Å². The minimum atomic E-state index is -1.49. The van der Waals surface area contributed by atoms with E-state index in [1.807, 2.05) is 19.9 Å². The molecule has 0 aliphatic rings. The van der Waals surface area contributed by atoms with E-state index in [-0.39, 0.29) is 0 Å². The van der Waals surface area contributed by atoms with Crippen LogP contribution in [0, 0.1) is 19.8 Å². The molecule has 4 heteroatoms. The van der Waals surface area contributed by atoms with E-state index in [1.54, 1.807) is 6.07 Å². The van der Waals surface area contributed by atoms with Crippen LogP contribution in [0.1, 0.15) is 25.0 Å². The van der Waals surface area contributed by atoms with Gasteiger partial charge in [0.1, 0.15) is 5.75 Å². The van der Waals surface area contributed by atoms with Crippen molar-refractivity contribution in [3.63, 3.8) is 0 Å². The van der Waals surface area contributed by atoms with Gasteiger partial charge in [-0.2, -0.15) is 0 Å². The molecule has 1 rings (SSSR count). The van der Waals surface area contributed by atoms with Crippen LogP contribution in [0.5, 0.6) is 5.75 Å². The van der Waals surface area contributed by atoms with Gasteiger partial charge in [0.25, 0.3) is 0 Å². The number of hydrogen-bond acceptors (Lipinski definition) is 3. The second kappa shape index (κ2) is 5.37. The normalized spacial score (nSPS) is 10.7. The predicted octanol–water partition coefficient (Wildman–Crippen LogP) is 1.02. The summed E-state index contributed by atoms with van der Waals surface area (Å²) in [6.45, 7) is 8.51. The molecule has 0 amide bonds. The summed E-state index contributed by atoms with van der Waals surface area (Å²) < 4.78 is 5.63. The van der Waals surface area contributed by atoms with Crippen molar-refractivity contribution >= 4 is 12.6 Å². The van der Waals surface area contributed by atoms with Gasteiger partial charge in [-0.1, -0.05) is 31.5 Å². The van der Waals surface area contributed by atoms with Crippen LogP contribution in [0.15, 0.2) is 12.1 Å². The Labute approximate surface area is 97.2 Å². The summed E-state index contributed by atoms with van der Waals surface area (Å²) in [5.41, 5.74) is 2.37. The Morgan fingerprint density at radius 3 is 2.38 bits per heavy atom. The van der Waals surface area contributed by atoms with Crippen molar-refractivity contribution < 1.29 is 14.8 Å². The summed E-state index contributed by atoms with van der Waals surface area (Å²) in [5, 5.41) is 18.6. The van der Waals surface area contributed by atoms with Gasteiger partial charge in [0.15, 0.2) is 0 Å². The fraction of sp³-hybridized carbons (Fsp3) is 0.500. The van der Waals surface area contributed by atoms with Crippen molar-refractivity contribution in [1.29, 1.82) is 0 Å². The molecular weight excluding hydrogens is 203 g/mol. The van der Waals surface area contributed by atoms with Gasteiger partial charge in [-0.15, -0.1) is 0 Å². The third-order valence-electron chi connectivity index (χ3n) is 2.29. The highest BCUT2D eigenvalue weighted by atomic mass is 16.5. The van der Waals surface area contributed by atoms with Gasteiger partial charge >= 0.3 is 7.12 Å². The molecule has 0 saturated heterocycles. The van der Waals surface area contributed by atoms with Crippen molar-refractivity contribution in [3.8, 4) is 5.75 Å². The zero-order valence-electron chi connectivity index (χ0n) is 10.3. The largest absolute Gasteiger partial charge is 0.493 e. The lowest BCUT2D eigenvalue weighted by Crippen LogP contribution is -2.32. The molecule has 0 heterocycles. The van der Waals surface area contributed by atoms with Gasteiger partial charge in [0.2, 0.25) is 0 Å². The lowest BCUT2D eigenvalue weighted by atomic mass is 9.78. The van der Waals surface area contributed by atoms with Gasteiger partial charge in [-0.05, 0) is 25.3 Å². The van der Waals surface area contributed by atoms with Crippen LogP contribution in [-0.2, 0) is 0 Å². The molecule has 3 nitrogen and oxygen atoms in total. The molecule has 16 heavy (non-hydrogen) atoms. The highest BCUT2D eigenvalue weighted by Crippen LogP contribution is 2.18. The van der Waals surface area contributed by atoms with E-state index in [0.717, 1.165) is 11.1 Å². The Balaban J connectivity index is 3.04. The number of benzene rings is 1. The first kappa shape index (κ1) is 13.1. The lowest BCUT2D eigenvalue weighted by molar-refractivity contribution is 0.270. The molecule has 0 fully saturated rings. The van der Waals surface area contributed by atoms with Crippen molar-refractivity contribution in [2.45, 2.75) is 27.7 Å². The molecule has 0 saturated carbocycles. The summed E-state index contributed by atoms with van der Waals surface area (Å²) in [6.07, 6.45) is 0. The zero-order chi connectivity index (χ0) is 12.3. The standard InChI is InChI=1S/C12H19BO3/c1-8(2)7-16-12-10(4)5-9(3)6-11(12)13(14)15/h5-6,8,14-15H,7H2,1-4H3. The molecule has 0 atom stereocenters. The van der Waals surface area contributed by atoms with E-state index in [2.05, 4.69) is 13.8 Å². The average Bonchev–Trinajstić information content (AvgIpc) is 2.14. The third-order valence-corrected chi connectivity index (χ3v) is 2.29. The molecule has 0 aromatic heterocycles. The van der Waals surface area contributed by atoms with E-state index < -0.39 is 7.12 Å². The fourth-order valence-electron chi connectivity index (χ4n) is 1.63. The second-order valence-electron chi connectivity index (χ2n) is 4.58. The Morgan fingerprint density at radius 2 is 1.88 bits per heavy atom. The number of aryl methyl sites for hydroxylation is 2. The van der Waals surface area contributed by atoms with Crippen LogP contribution >= 0.6 is 0 Å². The summed E-state index contributed by atoms with van der Waals surface area (Å²) in [4.78, 5) is 0. The van der Waals surface area contributed by atoms with E-state index in [0.29, 0.717) is 23.7 Å². The molecule has 0 unspecified atom stereocenters. The maximum Gasteiger partial charge on any atom is 0.492 e. The zero-order valence-corrected chi connectivity index (χ0v) is 10.3. The van der Waals surface area contributed by atoms with E-state index >= 15 is 0 Å². The molecule has 0 radical (unpaired) electrons. The van der Waals surface area contributed by atoms with Gasteiger partial charge < -0.3 is 14.8 Å². The maximum atomic E-state index is 9.29. The van der Waals surface area contributed by atoms with Gasteiger partial charge in [0, 0.05) is 5.46 Å². The molecule has 88 valence electrons. The van der Waals surface area contributed by atoms with Crippen LogP contribution in [0.25, 0.3) is 0 Å². The Kier molecular flexibility index (Phi) is 4.39. The van der Waals surface area contributed by atoms with Crippen molar-refractivity contribution in [1.82, 2.24) is 0 Å². The number of ether oxygens (including phenoxy) is 1. The first-order chi connectivity index (χ1) is 7.41. The second-order valence-corrected chi connectivity index (χ2v) is 4.58. The predicted molar refractivity (Wildman–Crippen MR) is 66.1 cm³/mol. The van der Waals surface area contributed by atoms with Crippen molar-refractivity contribution in [2.75, 3.05) is 6.61 Å². The summed E-state index contributed by atoms with van der Waals surface area (Å²) in [5.74, 6) is 0.999. The highest BCUT2D eigenvalue weighted by molar-refractivity contribution is 6.59. The molecule has 1 aromatic carbocycles. The van der Waals surface area contributed by atoms with Crippen LogP contribution in [0.3, 0.4) is 0 Å². The maximum absolute atomic E-state index is 9.29. The Bertz CT molecular complexity index is 362.